The van der Waals surface area contributed by atoms with Crippen molar-refractivity contribution in [3.63, 3.8) is 0 Å². The molecule has 0 spiro atoms. The van der Waals surface area contributed by atoms with Gasteiger partial charge in [0.2, 0.25) is 29.5 Å². The number of carboxylic acid groups (broad SMARTS) is 1. The number of unbranched alkanes of at least 4 members (excludes halogenated alkanes) is 14. The fourth-order valence-corrected chi connectivity index (χ4v) is 5.93. The first-order chi connectivity index (χ1) is 27.6. The number of hydrogen-bond acceptors (Lipinski definition) is 10. The molecule has 0 aliphatic rings. The third-order valence-electron chi connectivity index (χ3n) is 8.91. The molecule has 16 nitrogen and oxygen atoms in total. The number of ether oxygens (including phenoxy) is 4. The fraction of sp³-hybridized carbons (Fsp3) is 0.850. The van der Waals surface area contributed by atoms with Gasteiger partial charge in [0.25, 0.3) is 0 Å². The molecule has 1 atom stereocenters. The summed E-state index contributed by atoms with van der Waals surface area (Å²) >= 11 is 1.99. The molecule has 0 aromatic heterocycles. The molecule has 0 aliphatic carbocycles. The van der Waals surface area contributed by atoms with Crippen molar-refractivity contribution in [1.29, 1.82) is 0 Å². The zero-order valence-corrected chi connectivity index (χ0v) is 36.6. The molecule has 0 saturated carbocycles. The number of primary amides is 1. The summed E-state index contributed by atoms with van der Waals surface area (Å²) in [6.07, 6.45) is 18.4. The number of amides is 5. The minimum absolute atomic E-state index is 0.0273. The number of aliphatic carboxylic acids is 1. The van der Waals surface area contributed by atoms with Crippen molar-refractivity contribution in [1.82, 2.24) is 21.3 Å². The summed E-state index contributed by atoms with van der Waals surface area (Å²) in [6.45, 7) is 3.98. The third kappa shape index (κ3) is 41.4. The molecule has 0 radical (unpaired) electrons. The van der Waals surface area contributed by atoms with Gasteiger partial charge in [-0.15, -0.1) is 0 Å². The van der Waals surface area contributed by atoms with Crippen molar-refractivity contribution in [3.05, 3.63) is 0 Å². The van der Waals surface area contributed by atoms with Crippen LogP contribution >= 0.6 is 22.6 Å². The van der Waals surface area contributed by atoms with Crippen LogP contribution in [-0.2, 0) is 47.7 Å². The molecule has 0 aromatic carbocycles. The fourth-order valence-electron chi connectivity index (χ4n) is 5.66. The third-order valence-corrected chi connectivity index (χ3v) is 9.61. The van der Waals surface area contributed by atoms with Gasteiger partial charge in [0.15, 0.2) is 0 Å². The first kappa shape index (κ1) is 54.4. The van der Waals surface area contributed by atoms with Gasteiger partial charge in [-0.2, -0.15) is 0 Å². The van der Waals surface area contributed by atoms with Gasteiger partial charge in [0, 0.05) is 45.3 Å². The molecule has 7 N–H and O–H groups in total. The van der Waals surface area contributed by atoms with E-state index in [1.165, 1.54) is 51.4 Å². The number of alkyl halides is 1. The Bertz CT molecular complexity index is 1060. The molecule has 0 heterocycles. The highest BCUT2D eigenvalue weighted by Gasteiger charge is 2.17. The maximum absolute atomic E-state index is 12.4. The maximum atomic E-state index is 12.4. The zero-order chi connectivity index (χ0) is 42.0. The van der Waals surface area contributed by atoms with Gasteiger partial charge in [0.05, 0.1) is 57.3 Å². The first-order valence-electron chi connectivity index (χ1n) is 21.1. The predicted molar refractivity (Wildman–Crippen MR) is 227 cm³/mol. The van der Waals surface area contributed by atoms with Gasteiger partial charge in [-0.3, -0.25) is 28.8 Å². The van der Waals surface area contributed by atoms with Crippen LogP contribution in [-0.4, -0.2) is 124 Å². The van der Waals surface area contributed by atoms with Crippen LogP contribution in [0.3, 0.4) is 0 Å². The lowest BCUT2D eigenvalue weighted by Crippen LogP contribution is -2.44. The Labute approximate surface area is 354 Å². The monoisotopic (exact) mass is 927 g/mol. The molecule has 0 aromatic rings. The number of halogens is 1. The molecule has 0 saturated heterocycles. The Morgan fingerprint density at radius 3 is 1.30 bits per heavy atom. The quantitative estimate of drug-likeness (QED) is 0.0290. The van der Waals surface area contributed by atoms with Crippen molar-refractivity contribution in [2.75, 3.05) is 76.9 Å². The molecule has 17 heteroatoms. The van der Waals surface area contributed by atoms with Crippen molar-refractivity contribution in [3.8, 4) is 0 Å². The van der Waals surface area contributed by atoms with Crippen LogP contribution in [0.5, 0.6) is 0 Å². The first-order valence-corrected chi connectivity index (χ1v) is 22.7. The lowest BCUT2D eigenvalue weighted by molar-refractivity contribution is -0.137. The van der Waals surface area contributed by atoms with E-state index in [2.05, 4.69) is 21.3 Å². The van der Waals surface area contributed by atoms with Crippen LogP contribution in [0.1, 0.15) is 135 Å². The largest absolute Gasteiger partial charge is 0.481 e. The molecule has 0 bridgehead atoms. The van der Waals surface area contributed by atoms with E-state index in [1.54, 1.807) is 0 Å². The Morgan fingerprint density at radius 1 is 0.456 bits per heavy atom. The molecule has 5 amide bonds. The number of carbonyl (C=O) groups excluding carboxylic acids is 5. The molecular weight excluding hydrogens is 853 g/mol. The van der Waals surface area contributed by atoms with Crippen LogP contribution in [0.25, 0.3) is 0 Å². The average Bonchev–Trinajstić information content (AvgIpc) is 3.18. The van der Waals surface area contributed by atoms with Gasteiger partial charge in [-0.25, -0.2) is 0 Å². The standard InChI is InChI=1S/C40H74IN5O11/c41-33-38(50)45-24-28-57-32-30-55-26-21-36(48)44-23-27-56-31-29-54-25-20-35(47)43-22-16-15-17-34(40(42)53)46-37(49)18-13-11-9-7-5-3-1-2-4-6-8-10-12-14-19-39(51)52/h34H,1-33H2,(H2,42,53)(H,43,47)(H,44,48)(H,45,50)(H,46,49)(H,51,52). The summed E-state index contributed by atoms with van der Waals surface area (Å²) < 4.78 is 22.0. The predicted octanol–water partition coefficient (Wildman–Crippen LogP) is 4.08. The summed E-state index contributed by atoms with van der Waals surface area (Å²) in [7, 11) is 0. The molecule has 57 heavy (non-hydrogen) atoms. The molecule has 0 rings (SSSR count). The smallest absolute Gasteiger partial charge is 0.303 e. The maximum Gasteiger partial charge on any atom is 0.303 e. The Kier molecular flexibility index (Phi) is 39.6. The normalized spacial score (nSPS) is 11.5. The number of rotatable bonds is 43. The van der Waals surface area contributed by atoms with Crippen LogP contribution in [0.4, 0.5) is 0 Å². The van der Waals surface area contributed by atoms with Crippen LogP contribution in [0.15, 0.2) is 0 Å². The van der Waals surface area contributed by atoms with Gasteiger partial charge >= 0.3 is 5.97 Å². The lowest BCUT2D eigenvalue weighted by atomic mass is 10.0. The van der Waals surface area contributed by atoms with E-state index in [0.29, 0.717) is 89.4 Å². The second-order valence-corrected chi connectivity index (χ2v) is 14.8. The van der Waals surface area contributed by atoms with E-state index in [4.69, 9.17) is 29.8 Å². The minimum Gasteiger partial charge on any atom is -0.481 e. The van der Waals surface area contributed by atoms with E-state index in [-0.39, 0.29) is 56.1 Å². The lowest BCUT2D eigenvalue weighted by Gasteiger charge is -2.15. The summed E-state index contributed by atoms with van der Waals surface area (Å²) in [4.78, 5) is 69.8. The number of carbonyl (C=O) groups is 6. The summed E-state index contributed by atoms with van der Waals surface area (Å²) in [5, 5.41) is 19.7. The van der Waals surface area contributed by atoms with Crippen molar-refractivity contribution in [2.45, 2.75) is 141 Å². The van der Waals surface area contributed by atoms with Crippen LogP contribution < -0.4 is 27.0 Å². The molecule has 0 aliphatic heterocycles. The van der Waals surface area contributed by atoms with Crippen molar-refractivity contribution >= 4 is 58.1 Å². The van der Waals surface area contributed by atoms with E-state index in [0.717, 1.165) is 38.5 Å². The zero-order valence-electron chi connectivity index (χ0n) is 34.4. The van der Waals surface area contributed by atoms with Gasteiger partial charge in [-0.05, 0) is 32.1 Å². The highest BCUT2D eigenvalue weighted by atomic mass is 127. The van der Waals surface area contributed by atoms with Crippen LogP contribution in [0, 0.1) is 0 Å². The second-order valence-electron chi connectivity index (χ2n) is 14.0. The molecule has 0 fully saturated rings. The van der Waals surface area contributed by atoms with Gasteiger partial charge in [-0.1, -0.05) is 99.6 Å². The van der Waals surface area contributed by atoms with Crippen LogP contribution in [0.2, 0.25) is 0 Å². The Balaban J connectivity index is 3.59. The second kappa shape index (κ2) is 41.5. The topological polar surface area (TPSA) is 234 Å². The summed E-state index contributed by atoms with van der Waals surface area (Å²) in [5.74, 6) is -1.72. The Morgan fingerprint density at radius 2 is 0.860 bits per heavy atom. The molecule has 332 valence electrons. The number of nitrogens with two attached hydrogens (primary N) is 1. The minimum atomic E-state index is -0.716. The van der Waals surface area contributed by atoms with Crippen molar-refractivity contribution < 1.29 is 52.8 Å². The average molecular weight is 928 g/mol. The van der Waals surface area contributed by atoms with Gasteiger partial charge < -0.3 is 51.1 Å². The summed E-state index contributed by atoms with van der Waals surface area (Å²) in [6, 6.07) is -0.716. The summed E-state index contributed by atoms with van der Waals surface area (Å²) in [5.41, 5.74) is 5.52. The SMILES string of the molecule is NC(=O)C(CCCCNC(=O)CCOCCOCCNC(=O)CCOCCOCCNC(=O)CI)NC(=O)CCCCCCCCCCCCCCCCC(=O)O. The Hall–Kier alpha value is -2.61. The number of nitrogens with one attached hydrogen (secondary N) is 4. The van der Waals surface area contributed by atoms with E-state index in [1.807, 2.05) is 22.6 Å². The van der Waals surface area contributed by atoms with E-state index < -0.39 is 17.9 Å². The number of carboxylic acids is 1. The molecule has 1 unspecified atom stereocenters. The van der Waals surface area contributed by atoms with E-state index in [9.17, 15) is 28.8 Å². The molecular formula is C40H74IN5O11. The van der Waals surface area contributed by atoms with Gasteiger partial charge in [0.1, 0.15) is 6.04 Å². The number of hydrogen-bond donors (Lipinski definition) is 6. The highest BCUT2D eigenvalue weighted by Crippen LogP contribution is 2.14. The van der Waals surface area contributed by atoms with E-state index >= 15 is 0 Å². The highest BCUT2D eigenvalue weighted by molar-refractivity contribution is 14.1. The van der Waals surface area contributed by atoms with Crippen molar-refractivity contribution in [2.24, 2.45) is 5.73 Å².